The molecular weight excluding hydrogens is 186 g/mol. The molecule has 0 saturated heterocycles. The summed E-state index contributed by atoms with van der Waals surface area (Å²) in [6, 6.07) is 10.0. The summed E-state index contributed by atoms with van der Waals surface area (Å²) in [5.74, 6) is 1.65. The Morgan fingerprint density at radius 3 is 2.73 bits per heavy atom. The summed E-state index contributed by atoms with van der Waals surface area (Å²) in [5, 5.41) is 0. The number of hydrogen-bond acceptors (Lipinski definition) is 2. The fraction of sp³-hybridized carbons (Fsp3) is 0.231. The largest absolute Gasteiger partial charge is 0.441 e. The monoisotopic (exact) mass is 200 g/mol. The first-order valence-electron chi connectivity index (χ1n) is 5.19. The SMILES string of the molecule is [CH2]CCCc1ncc(-c2ccccc2)o1. The Bertz CT molecular complexity index is 405. The summed E-state index contributed by atoms with van der Waals surface area (Å²) in [6.45, 7) is 3.80. The third-order valence-corrected chi connectivity index (χ3v) is 2.25. The van der Waals surface area contributed by atoms with E-state index in [-0.39, 0.29) is 0 Å². The molecule has 2 rings (SSSR count). The number of aryl methyl sites for hydroxylation is 1. The van der Waals surface area contributed by atoms with Crippen molar-refractivity contribution in [1.29, 1.82) is 0 Å². The van der Waals surface area contributed by atoms with E-state index >= 15 is 0 Å². The van der Waals surface area contributed by atoms with Crippen LogP contribution < -0.4 is 0 Å². The van der Waals surface area contributed by atoms with Crippen LogP contribution in [0.2, 0.25) is 0 Å². The molecule has 0 aliphatic heterocycles. The molecule has 1 radical (unpaired) electrons. The first kappa shape index (κ1) is 9.97. The van der Waals surface area contributed by atoms with Gasteiger partial charge < -0.3 is 4.42 Å². The molecule has 0 unspecified atom stereocenters. The van der Waals surface area contributed by atoms with Gasteiger partial charge >= 0.3 is 0 Å². The van der Waals surface area contributed by atoms with E-state index in [2.05, 4.69) is 11.9 Å². The van der Waals surface area contributed by atoms with Gasteiger partial charge in [-0.1, -0.05) is 43.7 Å². The summed E-state index contributed by atoms with van der Waals surface area (Å²) in [7, 11) is 0. The van der Waals surface area contributed by atoms with Gasteiger partial charge in [0.2, 0.25) is 0 Å². The van der Waals surface area contributed by atoms with Crippen molar-refractivity contribution in [3.8, 4) is 11.3 Å². The van der Waals surface area contributed by atoms with Crippen molar-refractivity contribution in [3.05, 3.63) is 49.3 Å². The summed E-state index contributed by atoms with van der Waals surface area (Å²) >= 11 is 0. The lowest BCUT2D eigenvalue weighted by Crippen LogP contribution is -1.82. The van der Waals surface area contributed by atoms with Gasteiger partial charge in [0.05, 0.1) is 6.20 Å². The first-order chi connectivity index (χ1) is 7.40. The molecule has 0 saturated carbocycles. The topological polar surface area (TPSA) is 26.0 Å². The highest BCUT2D eigenvalue weighted by Gasteiger charge is 2.04. The maximum absolute atomic E-state index is 5.63. The highest BCUT2D eigenvalue weighted by Crippen LogP contribution is 2.20. The van der Waals surface area contributed by atoms with E-state index in [9.17, 15) is 0 Å². The number of aromatic nitrogens is 1. The number of rotatable bonds is 4. The van der Waals surface area contributed by atoms with Gasteiger partial charge in [-0.3, -0.25) is 0 Å². The fourth-order valence-electron chi connectivity index (χ4n) is 1.44. The van der Waals surface area contributed by atoms with Crippen LogP contribution in [0, 0.1) is 6.92 Å². The van der Waals surface area contributed by atoms with Crippen LogP contribution in [-0.4, -0.2) is 4.98 Å². The lowest BCUT2D eigenvalue weighted by atomic mass is 10.2. The van der Waals surface area contributed by atoms with Gasteiger partial charge in [-0.2, -0.15) is 0 Å². The van der Waals surface area contributed by atoms with Gasteiger partial charge in [-0.25, -0.2) is 4.98 Å². The quantitative estimate of drug-likeness (QED) is 0.755. The van der Waals surface area contributed by atoms with Crippen molar-refractivity contribution in [3.63, 3.8) is 0 Å². The smallest absolute Gasteiger partial charge is 0.194 e. The molecule has 1 aromatic carbocycles. The van der Waals surface area contributed by atoms with Gasteiger partial charge in [0, 0.05) is 12.0 Å². The lowest BCUT2D eigenvalue weighted by Gasteiger charge is -1.94. The molecule has 15 heavy (non-hydrogen) atoms. The van der Waals surface area contributed by atoms with E-state index < -0.39 is 0 Å². The Morgan fingerprint density at radius 1 is 1.20 bits per heavy atom. The average Bonchev–Trinajstić information content (AvgIpc) is 2.76. The van der Waals surface area contributed by atoms with Crippen LogP contribution in [0.3, 0.4) is 0 Å². The minimum absolute atomic E-state index is 0.803. The summed E-state index contributed by atoms with van der Waals surface area (Å²) < 4.78 is 5.63. The Morgan fingerprint density at radius 2 is 2.00 bits per heavy atom. The maximum atomic E-state index is 5.63. The van der Waals surface area contributed by atoms with Crippen LogP contribution in [0.4, 0.5) is 0 Å². The number of hydrogen-bond donors (Lipinski definition) is 0. The second-order valence-corrected chi connectivity index (χ2v) is 3.44. The van der Waals surface area contributed by atoms with Crippen molar-refractivity contribution < 1.29 is 4.42 Å². The Kier molecular flexibility index (Phi) is 3.18. The van der Waals surface area contributed by atoms with Gasteiger partial charge in [-0.05, 0) is 6.42 Å². The molecule has 0 aliphatic carbocycles. The summed E-state index contributed by atoms with van der Waals surface area (Å²) in [6.07, 6.45) is 4.60. The van der Waals surface area contributed by atoms with Crippen molar-refractivity contribution in [2.24, 2.45) is 0 Å². The number of unbranched alkanes of at least 4 members (excludes halogenated alkanes) is 1. The molecule has 1 heterocycles. The Labute approximate surface area is 90.0 Å². The van der Waals surface area contributed by atoms with Crippen LogP contribution in [0.1, 0.15) is 18.7 Å². The second kappa shape index (κ2) is 4.78. The van der Waals surface area contributed by atoms with Crippen LogP contribution in [0.15, 0.2) is 40.9 Å². The predicted molar refractivity (Wildman–Crippen MR) is 60.2 cm³/mol. The third-order valence-electron chi connectivity index (χ3n) is 2.25. The van der Waals surface area contributed by atoms with Crippen LogP contribution in [0.25, 0.3) is 11.3 Å². The summed E-state index contributed by atoms with van der Waals surface area (Å²) in [4.78, 5) is 4.24. The Hall–Kier alpha value is -1.57. The number of nitrogens with zero attached hydrogens (tertiary/aromatic N) is 1. The molecule has 0 spiro atoms. The van der Waals surface area contributed by atoms with E-state index in [1.54, 1.807) is 6.20 Å². The molecule has 0 amide bonds. The third kappa shape index (κ3) is 2.46. The Balaban J connectivity index is 2.14. The maximum Gasteiger partial charge on any atom is 0.194 e. The molecule has 0 aliphatic rings. The summed E-state index contributed by atoms with van der Waals surface area (Å²) in [5.41, 5.74) is 1.07. The highest BCUT2D eigenvalue weighted by molar-refractivity contribution is 5.55. The first-order valence-corrected chi connectivity index (χ1v) is 5.19. The zero-order valence-corrected chi connectivity index (χ0v) is 8.65. The predicted octanol–water partition coefficient (Wildman–Crippen LogP) is 3.50. The fourth-order valence-corrected chi connectivity index (χ4v) is 1.44. The minimum Gasteiger partial charge on any atom is -0.441 e. The molecule has 0 atom stereocenters. The van der Waals surface area contributed by atoms with Crippen molar-refractivity contribution in [2.45, 2.75) is 19.3 Å². The molecule has 77 valence electrons. The molecule has 0 fully saturated rings. The molecule has 2 aromatic rings. The molecular formula is C13H14NO. The van der Waals surface area contributed by atoms with E-state index in [1.807, 2.05) is 30.3 Å². The van der Waals surface area contributed by atoms with E-state index in [1.165, 1.54) is 0 Å². The normalized spacial score (nSPS) is 10.5. The van der Waals surface area contributed by atoms with Crippen LogP contribution in [0.5, 0.6) is 0 Å². The van der Waals surface area contributed by atoms with Crippen LogP contribution in [-0.2, 0) is 6.42 Å². The van der Waals surface area contributed by atoms with Crippen LogP contribution >= 0.6 is 0 Å². The molecule has 1 aromatic heterocycles. The van der Waals surface area contributed by atoms with E-state index in [0.29, 0.717) is 0 Å². The zero-order valence-electron chi connectivity index (χ0n) is 8.65. The lowest BCUT2D eigenvalue weighted by molar-refractivity contribution is 0.499. The highest BCUT2D eigenvalue weighted by atomic mass is 16.4. The van der Waals surface area contributed by atoms with Crippen molar-refractivity contribution in [2.75, 3.05) is 0 Å². The average molecular weight is 200 g/mol. The van der Waals surface area contributed by atoms with Crippen molar-refractivity contribution >= 4 is 0 Å². The zero-order chi connectivity index (χ0) is 10.5. The molecule has 0 bridgehead atoms. The molecule has 0 N–H and O–H groups in total. The standard InChI is InChI=1S/C13H14NO/c1-2-3-9-13-14-10-12(15-13)11-7-5-4-6-8-11/h4-8,10H,1-3,9H2. The van der Waals surface area contributed by atoms with E-state index in [0.717, 1.165) is 36.5 Å². The van der Waals surface area contributed by atoms with Gasteiger partial charge in [0.25, 0.3) is 0 Å². The number of benzene rings is 1. The molecule has 2 nitrogen and oxygen atoms in total. The van der Waals surface area contributed by atoms with Gasteiger partial charge in [-0.15, -0.1) is 0 Å². The van der Waals surface area contributed by atoms with E-state index in [4.69, 9.17) is 4.42 Å². The van der Waals surface area contributed by atoms with Crippen molar-refractivity contribution in [1.82, 2.24) is 4.98 Å². The van der Waals surface area contributed by atoms with Gasteiger partial charge in [0.1, 0.15) is 0 Å². The second-order valence-electron chi connectivity index (χ2n) is 3.44. The molecule has 2 heteroatoms. The van der Waals surface area contributed by atoms with Gasteiger partial charge in [0.15, 0.2) is 11.7 Å². The number of oxazole rings is 1. The minimum atomic E-state index is 0.803.